The third-order valence-electron chi connectivity index (χ3n) is 2.78. The molecule has 0 fully saturated rings. The third kappa shape index (κ3) is 5.19. The van der Waals surface area contributed by atoms with Crippen LogP contribution in [-0.2, 0) is 4.79 Å². The first-order chi connectivity index (χ1) is 9.06. The highest BCUT2D eigenvalue weighted by molar-refractivity contribution is 5.97. The Balaban J connectivity index is 2.61. The second-order valence-electron chi connectivity index (χ2n) is 4.28. The molecule has 1 aromatic carbocycles. The average Bonchev–Trinajstić information content (AvgIpc) is 2.38. The molecule has 0 aromatic heterocycles. The summed E-state index contributed by atoms with van der Waals surface area (Å²) in [6.07, 6.45) is 0. The summed E-state index contributed by atoms with van der Waals surface area (Å²) in [7, 11) is 0. The maximum atomic E-state index is 11.8. The summed E-state index contributed by atoms with van der Waals surface area (Å²) >= 11 is 0. The SMILES string of the molecule is CCN(CCO)CC(=O)Nc1cccc(C(C)=O)c1. The van der Waals surface area contributed by atoms with Gasteiger partial charge in [0, 0.05) is 17.8 Å². The number of aliphatic hydroxyl groups excluding tert-OH is 1. The fraction of sp³-hybridized carbons (Fsp3) is 0.429. The van der Waals surface area contributed by atoms with Crippen molar-refractivity contribution in [2.45, 2.75) is 13.8 Å². The Bertz CT molecular complexity index is 446. The van der Waals surface area contributed by atoms with Gasteiger partial charge in [-0.25, -0.2) is 0 Å². The lowest BCUT2D eigenvalue weighted by atomic mass is 10.1. The largest absolute Gasteiger partial charge is 0.395 e. The Kier molecular flexibility index (Phi) is 6.18. The summed E-state index contributed by atoms with van der Waals surface area (Å²) in [5.41, 5.74) is 1.18. The fourth-order valence-corrected chi connectivity index (χ4v) is 1.71. The van der Waals surface area contributed by atoms with E-state index in [9.17, 15) is 9.59 Å². The molecular formula is C14H20N2O3. The van der Waals surface area contributed by atoms with Gasteiger partial charge in [0.15, 0.2) is 5.78 Å². The van der Waals surface area contributed by atoms with Gasteiger partial charge >= 0.3 is 0 Å². The van der Waals surface area contributed by atoms with Crippen LogP contribution in [0, 0.1) is 0 Å². The first-order valence-corrected chi connectivity index (χ1v) is 6.31. The monoisotopic (exact) mass is 264 g/mol. The molecule has 104 valence electrons. The number of anilines is 1. The Morgan fingerprint density at radius 2 is 2.11 bits per heavy atom. The molecule has 0 spiro atoms. The minimum absolute atomic E-state index is 0.0287. The van der Waals surface area contributed by atoms with E-state index in [1.807, 2.05) is 11.8 Å². The van der Waals surface area contributed by atoms with Crippen molar-refractivity contribution in [3.8, 4) is 0 Å². The van der Waals surface area contributed by atoms with E-state index in [2.05, 4.69) is 5.32 Å². The van der Waals surface area contributed by atoms with Gasteiger partial charge in [0.1, 0.15) is 0 Å². The van der Waals surface area contributed by atoms with Crippen LogP contribution in [-0.4, -0.2) is 47.9 Å². The standard InChI is InChI=1S/C14H20N2O3/c1-3-16(7-8-17)10-14(19)15-13-6-4-5-12(9-13)11(2)18/h4-6,9,17H,3,7-8,10H2,1-2H3,(H,15,19). The Labute approximate surface area is 113 Å². The summed E-state index contributed by atoms with van der Waals surface area (Å²) in [4.78, 5) is 24.9. The molecule has 2 N–H and O–H groups in total. The zero-order valence-corrected chi connectivity index (χ0v) is 11.3. The molecule has 0 aliphatic heterocycles. The van der Waals surface area contributed by atoms with Crippen LogP contribution < -0.4 is 5.32 Å². The van der Waals surface area contributed by atoms with Gasteiger partial charge in [-0.2, -0.15) is 0 Å². The molecule has 0 unspecified atom stereocenters. The van der Waals surface area contributed by atoms with Crippen molar-refractivity contribution in [1.29, 1.82) is 0 Å². The van der Waals surface area contributed by atoms with Crippen molar-refractivity contribution in [3.05, 3.63) is 29.8 Å². The number of rotatable bonds is 7. The van der Waals surface area contributed by atoms with Gasteiger partial charge in [-0.1, -0.05) is 19.1 Å². The minimum atomic E-state index is -0.156. The first-order valence-electron chi connectivity index (χ1n) is 6.31. The van der Waals surface area contributed by atoms with E-state index in [-0.39, 0.29) is 24.8 Å². The van der Waals surface area contributed by atoms with Crippen molar-refractivity contribution in [3.63, 3.8) is 0 Å². The fourth-order valence-electron chi connectivity index (χ4n) is 1.71. The number of hydrogen-bond acceptors (Lipinski definition) is 4. The lowest BCUT2D eigenvalue weighted by molar-refractivity contribution is -0.117. The van der Waals surface area contributed by atoms with Crippen molar-refractivity contribution < 1.29 is 14.7 Å². The molecular weight excluding hydrogens is 244 g/mol. The molecule has 0 heterocycles. The molecule has 5 nitrogen and oxygen atoms in total. The predicted molar refractivity (Wildman–Crippen MR) is 74.3 cm³/mol. The lowest BCUT2D eigenvalue weighted by Gasteiger charge is -2.18. The Morgan fingerprint density at radius 1 is 1.37 bits per heavy atom. The Hall–Kier alpha value is -1.72. The second kappa shape index (κ2) is 7.66. The first kappa shape index (κ1) is 15.3. The van der Waals surface area contributed by atoms with E-state index in [0.29, 0.717) is 24.3 Å². The van der Waals surface area contributed by atoms with E-state index in [0.717, 1.165) is 0 Å². The van der Waals surface area contributed by atoms with Gasteiger partial charge in [0.05, 0.1) is 13.2 Å². The van der Waals surface area contributed by atoms with Crippen LogP contribution in [0.2, 0.25) is 0 Å². The van der Waals surface area contributed by atoms with Gasteiger partial charge in [0.2, 0.25) is 5.91 Å². The number of hydrogen-bond donors (Lipinski definition) is 2. The summed E-state index contributed by atoms with van der Waals surface area (Å²) in [6.45, 7) is 4.83. The van der Waals surface area contributed by atoms with Crippen LogP contribution in [0.4, 0.5) is 5.69 Å². The molecule has 0 radical (unpaired) electrons. The number of ketones is 1. The molecule has 0 aliphatic carbocycles. The van der Waals surface area contributed by atoms with Crippen LogP contribution in [0.5, 0.6) is 0 Å². The van der Waals surface area contributed by atoms with Crippen molar-refractivity contribution in [1.82, 2.24) is 4.90 Å². The molecule has 0 saturated heterocycles. The van der Waals surface area contributed by atoms with E-state index < -0.39 is 0 Å². The zero-order valence-electron chi connectivity index (χ0n) is 11.3. The van der Waals surface area contributed by atoms with E-state index in [1.165, 1.54) is 6.92 Å². The number of benzene rings is 1. The third-order valence-corrected chi connectivity index (χ3v) is 2.78. The second-order valence-corrected chi connectivity index (χ2v) is 4.28. The van der Waals surface area contributed by atoms with Crippen LogP contribution >= 0.6 is 0 Å². The molecule has 5 heteroatoms. The maximum absolute atomic E-state index is 11.8. The lowest BCUT2D eigenvalue weighted by Crippen LogP contribution is -2.35. The molecule has 0 bridgehead atoms. The van der Waals surface area contributed by atoms with Crippen LogP contribution in [0.15, 0.2) is 24.3 Å². The molecule has 1 aromatic rings. The minimum Gasteiger partial charge on any atom is -0.395 e. The van der Waals surface area contributed by atoms with E-state index >= 15 is 0 Å². The molecule has 0 atom stereocenters. The summed E-state index contributed by atoms with van der Waals surface area (Å²) in [5, 5.41) is 11.6. The average molecular weight is 264 g/mol. The normalized spacial score (nSPS) is 10.5. The number of amides is 1. The number of aliphatic hydroxyl groups is 1. The van der Waals surface area contributed by atoms with Crippen LogP contribution in [0.3, 0.4) is 0 Å². The van der Waals surface area contributed by atoms with Gasteiger partial charge < -0.3 is 10.4 Å². The van der Waals surface area contributed by atoms with Gasteiger partial charge in [-0.05, 0) is 25.6 Å². The van der Waals surface area contributed by atoms with Crippen molar-refractivity contribution in [2.75, 3.05) is 31.6 Å². The number of carbonyl (C=O) groups excluding carboxylic acids is 2. The Morgan fingerprint density at radius 3 is 2.68 bits per heavy atom. The van der Waals surface area contributed by atoms with Gasteiger partial charge in [-0.3, -0.25) is 14.5 Å². The predicted octanol–water partition coefficient (Wildman–Crippen LogP) is 1.14. The number of nitrogens with one attached hydrogen (secondary N) is 1. The van der Waals surface area contributed by atoms with Crippen molar-refractivity contribution >= 4 is 17.4 Å². The summed E-state index contributed by atoms with van der Waals surface area (Å²) < 4.78 is 0. The molecule has 1 rings (SSSR count). The number of carbonyl (C=O) groups is 2. The molecule has 1 amide bonds. The molecule has 0 saturated carbocycles. The smallest absolute Gasteiger partial charge is 0.238 e. The number of likely N-dealkylation sites (N-methyl/N-ethyl adjacent to an activating group) is 1. The van der Waals surface area contributed by atoms with Crippen molar-refractivity contribution in [2.24, 2.45) is 0 Å². The number of nitrogens with zero attached hydrogens (tertiary/aromatic N) is 1. The van der Waals surface area contributed by atoms with E-state index in [4.69, 9.17) is 5.11 Å². The topological polar surface area (TPSA) is 69.6 Å². The number of Topliss-reactive ketones (excluding diaryl/α,β-unsaturated/α-hetero) is 1. The van der Waals surface area contributed by atoms with E-state index in [1.54, 1.807) is 24.3 Å². The van der Waals surface area contributed by atoms with Gasteiger partial charge in [-0.15, -0.1) is 0 Å². The summed E-state index contributed by atoms with van der Waals surface area (Å²) in [6, 6.07) is 6.84. The van der Waals surface area contributed by atoms with Crippen LogP contribution in [0.1, 0.15) is 24.2 Å². The highest BCUT2D eigenvalue weighted by Gasteiger charge is 2.09. The molecule has 19 heavy (non-hydrogen) atoms. The van der Waals surface area contributed by atoms with Gasteiger partial charge in [0.25, 0.3) is 0 Å². The quantitative estimate of drug-likeness (QED) is 0.725. The molecule has 0 aliphatic rings. The maximum Gasteiger partial charge on any atom is 0.238 e. The van der Waals surface area contributed by atoms with Crippen LogP contribution in [0.25, 0.3) is 0 Å². The highest BCUT2D eigenvalue weighted by Crippen LogP contribution is 2.11. The highest BCUT2D eigenvalue weighted by atomic mass is 16.3. The zero-order chi connectivity index (χ0) is 14.3. The summed E-state index contributed by atoms with van der Waals surface area (Å²) in [5.74, 6) is -0.192.